The molecule has 6 nitrogen and oxygen atoms in total. The second kappa shape index (κ2) is 8.97. The highest BCUT2D eigenvalue weighted by atomic mass is 19.4. The highest BCUT2D eigenvalue weighted by molar-refractivity contribution is 5.84. The average Bonchev–Trinajstić information content (AvgIpc) is 3.33. The summed E-state index contributed by atoms with van der Waals surface area (Å²) in [7, 11) is 0. The maximum absolute atomic E-state index is 13.5. The molecule has 0 bridgehead atoms. The molecule has 198 valence electrons. The molecule has 0 unspecified atom stereocenters. The quantitative estimate of drug-likeness (QED) is 0.282. The first-order valence-electron chi connectivity index (χ1n) is 13.2. The molecule has 3 aromatic heterocycles. The molecule has 1 aliphatic carbocycles. The van der Waals surface area contributed by atoms with E-state index in [1.807, 2.05) is 52.2 Å². The van der Waals surface area contributed by atoms with Crippen molar-refractivity contribution in [2.75, 3.05) is 13.1 Å². The maximum atomic E-state index is 13.5. The Balaban J connectivity index is 1.24. The highest BCUT2D eigenvalue weighted by Gasteiger charge is 2.37. The van der Waals surface area contributed by atoms with E-state index in [0.29, 0.717) is 29.9 Å². The lowest BCUT2D eigenvalue weighted by Crippen LogP contribution is -2.30. The van der Waals surface area contributed by atoms with Crippen molar-refractivity contribution in [2.24, 2.45) is 11.8 Å². The third-order valence-electron chi connectivity index (χ3n) is 7.92. The number of likely N-dealkylation sites (tertiary alicyclic amines) is 1. The first-order chi connectivity index (χ1) is 18.8. The van der Waals surface area contributed by atoms with Crippen molar-refractivity contribution < 1.29 is 18.0 Å². The van der Waals surface area contributed by atoms with Gasteiger partial charge in [0.1, 0.15) is 11.5 Å². The Bertz CT molecular complexity index is 1700. The first-order valence-corrected chi connectivity index (χ1v) is 13.2. The van der Waals surface area contributed by atoms with E-state index in [-0.39, 0.29) is 17.7 Å². The number of nitrogens with one attached hydrogen (secondary N) is 1. The second-order valence-corrected chi connectivity index (χ2v) is 10.7. The summed E-state index contributed by atoms with van der Waals surface area (Å²) in [5.74, 6) is 1.26. The topological polar surface area (TPSA) is 66.8 Å². The molecule has 1 saturated carbocycles. The van der Waals surface area contributed by atoms with Gasteiger partial charge in [0.15, 0.2) is 0 Å². The van der Waals surface area contributed by atoms with Crippen LogP contribution in [0.1, 0.15) is 24.8 Å². The fraction of sp³-hybridized carbons (Fsp3) is 0.300. The molecule has 1 saturated heterocycles. The average molecular weight is 530 g/mol. The fourth-order valence-electron chi connectivity index (χ4n) is 5.65. The molecular weight excluding hydrogens is 503 g/mol. The zero-order chi connectivity index (χ0) is 26.7. The Hall–Kier alpha value is -4.14. The van der Waals surface area contributed by atoms with E-state index >= 15 is 0 Å². The number of halogens is 3. The number of pyridine rings is 1. The Morgan fingerprint density at radius 3 is 2.54 bits per heavy atom. The molecule has 2 aromatic carbocycles. The minimum Gasteiger partial charge on any atom is -0.346 e. The van der Waals surface area contributed by atoms with Crippen LogP contribution in [-0.4, -0.2) is 43.4 Å². The molecule has 1 amide bonds. The van der Waals surface area contributed by atoms with Crippen molar-refractivity contribution in [1.29, 1.82) is 0 Å². The summed E-state index contributed by atoms with van der Waals surface area (Å²) in [5.41, 5.74) is 3.88. The van der Waals surface area contributed by atoms with Gasteiger partial charge in [0.25, 0.3) is 0 Å². The van der Waals surface area contributed by atoms with Crippen molar-refractivity contribution in [3.8, 4) is 22.5 Å². The predicted molar refractivity (Wildman–Crippen MR) is 143 cm³/mol. The standard InChI is InChI=1S/C30H26F3N5O/c31-30(32,33)24-7-8-26-25(14-24)36-28(38(26)17-18-10-12-37(16-18)29(39)21-5-6-21)20-3-1-19(2-4-20)23-13-22-9-11-34-27(22)35-15-23/h1-4,7-9,11,13-15,18,21H,5-6,10,12,16-17H2,(H,34,35)/t18-/m0/s1. The summed E-state index contributed by atoms with van der Waals surface area (Å²) in [5, 5.41) is 1.02. The number of benzene rings is 2. The van der Waals surface area contributed by atoms with Crippen LogP contribution in [0, 0.1) is 11.8 Å². The minimum absolute atomic E-state index is 0.181. The van der Waals surface area contributed by atoms with E-state index in [9.17, 15) is 18.0 Å². The van der Waals surface area contributed by atoms with Crippen LogP contribution >= 0.6 is 0 Å². The highest BCUT2D eigenvalue weighted by Crippen LogP contribution is 2.36. The van der Waals surface area contributed by atoms with Crippen LogP contribution in [0.5, 0.6) is 0 Å². The predicted octanol–water partition coefficient (Wildman–Crippen LogP) is 6.52. The SMILES string of the molecule is O=C(C1CC1)N1CC[C@H](Cn2c(-c3ccc(-c4cnc5[nH]ccc5c4)cc3)nc3cc(C(F)(F)F)ccc32)C1. The van der Waals surface area contributed by atoms with Crippen molar-refractivity contribution in [3.05, 3.63) is 72.6 Å². The molecule has 1 aliphatic heterocycles. The molecule has 5 aromatic rings. The largest absolute Gasteiger partial charge is 0.416 e. The van der Waals surface area contributed by atoms with Gasteiger partial charge in [-0.1, -0.05) is 24.3 Å². The molecule has 9 heteroatoms. The lowest BCUT2D eigenvalue weighted by molar-refractivity contribution is -0.137. The van der Waals surface area contributed by atoms with Crippen LogP contribution in [0.15, 0.2) is 67.0 Å². The van der Waals surface area contributed by atoms with E-state index in [1.165, 1.54) is 6.07 Å². The molecule has 2 aliphatic rings. The third-order valence-corrected chi connectivity index (χ3v) is 7.92. The van der Waals surface area contributed by atoms with Gasteiger partial charge in [-0.15, -0.1) is 0 Å². The van der Waals surface area contributed by atoms with E-state index in [0.717, 1.165) is 65.7 Å². The summed E-state index contributed by atoms with van der Waals surface area (Å²) >= 11 is 0. The fourth-order valence-corrected chi connectivity index (χ4v) is 5.65. The number of amides is 1. The summed E-state index contributed by atoms with van der Waals surface area (Å²) in [6.07, 6.45) is 2.04. The van der Waals surface area contributed by atoms with Gasteiger partial charge in [-0.25, -0.2) is 9.97 Å². The molecule has 1 atom stereocenters. The van der Waals surface area contributed by atoms with E-state index in [1.54, 1.807) is 0 Å². The minimum atomic E-state index is -4.44. The molecule has 2 fully saturated rings. The van der Waals surface area contributed by atoms with Gasteiger partial charge in [0.05, 0.1) is 16.6 Å². The van der Waals surface area contributed by atoms with Crippen LogP contribution in [0.2, 0.25) is 0 Å². The maximum Gasteiger partial charge on any atom is 0.416 e. The number of imidazole rings is 1. The molecule has 7 rings (SSSR count). The smallest absolute Gasteiger partial charge is 0.346 e. The zero-order valence-corrected chi connectivity index (χ0v) is 21.1. The number of hydrogen-bond acceptors (Lipinski definition) is 3. The summed E-state index contributed by atoms with van der Waals surface area (Å²) < 4.78 is 42.4. The van der Waals surface area contributed by atoms with E-state index < -0.39 is 11.7 Å². The summed E-state index contributed by atoms with van der Waals surface area (Å²) in [6, 6.07) is 15.7. The lowest BCUT2D eigenvalue weighted by Gasteiger charge is -2.18. The first kappa shape index (κ1) is 23.9. The van der Waals surface area contributed by atoms with Crippen molar-refractivity contribution in [3.63, 3.8) is 0 Å². The number of aromatic nitrogens is 4. The number of carbonyl (C=O) groups excluding carboxylic acids is 1. The monoisotopic (exact) mass is 529 g/mol. The van der Waals surface area contributed by atoms with Crippen molar-refractivity contribution in [1.82, 2.24) is 24.4 Å². The number of carbonyl (C=O) groups is 1. The number of nitrogens with zero attached hydrogens (tertiary/aromatic N) is 4. The lowest BCUT2D eigenvalue weighted by atomic mass is 10.0. The second-order valence-electron chi connectivity index (χ2n) is 10.7. The van der Waals surface area contributed by atoms with Gasteiger partial charge in [-0.05, 0) is 61.1 Å². The third kappa shape index (κ3) is 4.45. The van der Waals surface area contributed by atoms with Crippen LogP contribution in [0.25, 0.3) is 44.6 Å². The normalized spacial score (nSPS) is 17.9. The van der Waals surface area contributed by atoms with Crippen LogP contribution < -0.4 is 0 Å². The number of aromatic amines is 1. The molecule has 39 heavy (non-hydrogen) atoms. The molecular formula is C30H26F3N5O. The molecule has 0 radical (unpaired) electrons. The number of fused-ring (bicyclic) bond motifs is 2. The Kier molecular flexibility index (Phi) is 5.50. The van der Waals surface area contributed by atoms with Gasteiger partial charge >= 0.3 is 6.18 Å². The van der Waals surface area contributed by atoms with Crippen LogP contribution in [0.4, 0.5) is 13.2 Å². The summed E-state index contributed by atoms with van der Waals surface area (Å²) in [4.78, 5) is 26.8. The number of alkyl halides is 3. The van der Waals surface area contributed by atoms with Crippen molar-refractivity contribution in [2.45, 2.75) is 32.0 Å². The number of rotatable bonds is 5. The van der Waals surface area contributed by atoms with E-state index in [2.05, 4.69) is 16.0 Å². The Morgan fingerprint density at radius 1 is 0.974 bits per heavy atom. The Labute approximate surface area is 222 Å². The number of hydrogen-bond donors (Lipinski definition) is 1. The van der Waals surface area contributed by atoms with Gasteiger partial charge < -0.3 is 14.5 Å². The van der Waals surface area contributed by atoms with Gasteiger partial charge in [-0.3, -0.25) is 4.79 Å². The Morgan fingerprint density at radius 2 is 1.77 bits per heavy atom. The van der Waals surface area contributed by atoms with E-state index in [4.69, 9.17) is 4.98 Å². The number of H-pyrrole nitrogens is 1. The van der Waals surface area contributed by atoms with Crippen molar-refractivity contribution >= 4 is 28.0 Å². The zero-order valence-electron chi connectivity index (χ0n) is 21.1. The molecule has 1 N–H and O–H groups in total. The van der Waals surface area contributed by atoms with Crippen LogP contribution in [0.3, 0.4) is 0 Å². The molecule has 4 heterocycles. The summed E-state index contributed by atoms with van der Waals surface area (Å²) in [6.45, 7) is 1.98. The van der Waals surface area contributed by atoms with Crippen LogP contribution in [-0.2, 0) is 17.5 Å². The molecule has 0 spiro atoms. The van der Waals surface area contributed by atoms with Gasteiger partial charge in [0, 0.05) is 54.5 Å². The van der Waals surface area contributed by atoms with Gasteiger partial charge in [0.2, 0.25) is 5.91 Å². The van der Waals surface area contributed by atoms with Gasteiger partial charge in [-0.2, -0.15) is 13.2 Å².